The number of carbonyl (C=O) groups is 1. The van der Waals surface area contributed by atoms with Crippen LogP contribution in [0.4, 0.5) is 5.69 Å². The van der Waals surface area contributed by atoms with Crippen LogP contribution in [-0.4, -0.2) is 27.1 Å². The van der Waals surface area contributed by atoms with Crippen molar-refractivity contribution in [2.24, 2.45) is 7.05 Å². The maximum Gasteiger partial charge on any atom is 0.332 e. The number of hydrogen-bond acceptors (Lipinski definition) is 5. The van der Waals surface area contributed by atoms with Gasteiger partial charge in [0.2, 0.25) is 5.91 Å². The average molecular weight is 368 g/mol. The first-order chi connectivity index (χ1) is 12.8. The van der Waals surface area contributed by atoms with Crippen molar-refractivity contribution in [3.8, 4) is 5.75 Å². The third-order valence-electron chi connectivity index (χ3n) is 4.28. The smallest absolute Gasteiger partial charge is 0.332 e. The van der Waals surface area contributed by atoms with Crippen molar-refractivity contribution in [1.29, 1.82) is 0 Å². The molecule has 8 nitrogen and oxygen atoms in total. The molecule has 1 aromatic carbocycles. The molecule has 0 bridgehead atoms. The molecule has 8 heteroatoms. The fourth-order valence-electron chi connectivity index (χ4n) is 3.00. The highest BCUT2D eigenvalue weighted by atomic mass is 16.5. The number of benzene rings is 1. The Morgan fingerprint density at radius 1 is 1.22 bits per heavy atom. The molecule has 0 unspecified atom stereocenters. The highest BCUT2D eigenvalue weighted by molar-refractivity contribution is 5.91. The van der Waals surface area contributed by atoms with Gasteiger partial charge in [0.25, 0.3) is 5.56 Å². The van der Waals surface area contributed by atoms with E-state index in [1.165, 1.54) is 18.7 Å². The SMILES string of the molecule is COc1cccc(NC(=O)Cn2c(=O)c3c(C)cc(C)nc3n(C)c2=O)c1. The molecule has 3 rings (SSSR count). The lowest BCUT2D eigenvalue weighted by Gasteiger charge is -2.12. The number of carbonyl (C=O) groups excluding carboxylic acids is 1. The lowest BCUT2D eigenvalue weighted by molar-refractivity contribution is -0.116. The van der Waals surface area contributed by atoms with Gasteiger partial charge < -0.3 is 10.1 Å². The van der Waals surface area contributed by atoms with Gasteiger partial charge in [0, 0.05) is 24.5 Å². The van der Waals surface area contributed by atoms with Crippen molar-refractivity contribution in [3.05, 3.63) is 62.4 Å². The molecule has 0 saturated carbocycles. The molecule has 140 valence electrons. The largest absolute Gasteiger partial charge is 0.497 e. The van der Waals surface area contributed by atoms with Gasteiger partial charge in [-0.25, -0.2) is 9.78 Å². The van der Waals surface area contributed by atoms with E-state index in [0.29, 0.717) is 33.7 Å². The van der Waals surface area contributed by atoms with Crippen LogP contribution in [0.1, 0.15) is 11.3 Å². The fourth-order valence-corrected chi connectivity index (χ4v) is 3.00. The first-order valence-corrected chi connectivity index (χ1v) is 8.33. The predicted octanol–water partition coefficient (Wildman–Crippen LogP) is 1.36. The molecule has 0 spiro atoms. The molecule has 0 aliphatic heterocycles. The van der Waals surface area contributed by atoms with Gasteiger partial charge in [-0.15, -0.1) is 0 Å². The predicted molar refractivity (Wildman–Crippen MR) is 102 cm³/mol. The number of rotatable bonds is 4. The minimum Gasteiger partial charge on any atom is -0.497 e. The molecule has 27 heavy (non-hydrogen) atoms. The van der Waals surface area contributed by atoms with Gasteiger partial charge in [0.15, 0.2) is 0 Å². The number of aromatic nitrogens is 3. The van der Waals surface area contributed by atoms with E-state index in [-0.39, 0.29) is 0 Å². The van der Waals surface area contributed by atoms with Gasteiger partial charge in [-0.2, -0.15) is 0 Å². The minimum absolute atomic E-state index is 0.312. The van der Waals surface area contributed by atoms with E-state index in [1.807, 2.05) is 0 Å². The van der Waals surface area contributed by atoms with Crippen molar-refractivity contribution in [2.45, 2.75) is 20.4 Å². The molecular formula is C19H20N4O4. The first kappa shape index (κ1) is 18.4. The van der Waals surface area contributed by atoms with E-state index in [1.54, 1.807) is 44.2 Å². The van der Waals surface area contributed by atoms with Crippen LogP contribution in [0.25, 0.3) is 11.0 Å². The van der Waals surface area contributed by atoms with E-state index in [0.717, 1.165) is 4.57 Å². The zero-order chi connectivity index (χ0) is 19.7. The van der Waals surface area contributed by atoms with Crippen LogP contribution >= 0.6 is 0 Å². The maximum absolute atomic E-state index is 12.8. The third kappa shape index (κ3) is 3.46. The van der Waals surface area contributed by atoms with Crippen LogP contribution in [0.3, 0.4) is 0 Å². The minimum atomic E-state index is -0.592. The number of amides is 1. The van der Waals surface area contributed by atoms with Crippen LogP contribution in [-0.2, 0) is 18.4 Å². The molecule has 1 amide bonds. The molecule has 0 saturated heterocycles. The second-order valence-corrected chi connectivity index (χ2v) is 6.29. The summed E-state index contributed by atoms with van der Waals surface area (Å²) in [5.41, 5.74) is 1.12. The molecule has 2 aromatic heterocycles. The summed E-state index contributed by atoms with van der Waals surface area (Å²) in [5, 5.41) is 3.00. The third-order valence-corrected chi connectivity index (χ3v) is 4.28. The standard InChI is InChI=1S/C19H20N4O4/c1-11-8-12(2)20-17-16(11)18(25)23(19(26)22(17)3)10-15(24)21-13-6-5-7-14(9-13)27-4/h5-9H,10H2,1-4H3,(H,21,24). The number of methoxy groups -OCH3 is 1. The number of fused-ring (bicyclic) bond motifs is 1. The number of anilines is 1. The Morgan fingerprint density at radius 2 is 1.96 bits per heavy atom. The van der Waals surface area contributed by atoms with Gasteiger partial charge in [-0.1, -0.05) is 6.07 Å². The Hall–Kier alpha value is -3.42. The van der Waals surface area contributed by atoms with E-state index < -0.39 is 23.7 Å². The highest BCUT2D eigenvalue weighted by Crippen LogP contribution is 2.16. The molecule has 0 aliphatic carbocycles. The average Bonchev–Trinajstić information content (AvgIpc) is 2.63. The van der Waals surface area contributed by atoms with Crippen LogP contribution in [0.5, 0.6) is 5.75 Å². The highest BCUT2D eigenvalue weighted by Gasteiger charge is 2.17. The summed E-state index contributed by atoms with van der Waals surface area (Å²) in [4.78, 5) is 42.1. The van der Waals surface area contributed by atoms with Crippen molar-refractivity contribution in [3.63, 3.8) is 0 Å². The summed E-state index contributed by atoms with van der Waals surface area (Å²) in [5.74, 6) is 0.100. The Balaban J connectivity index is 2.01. The van der Waals surface area contributed by atoms with Gasteiger partial charge >= 0.3 is 5.69 Å². The number of ether oxygens (including phenoxy) is 1. The number of nitrogens with zero attached hydrogens (tertiary/aromatic N) is 3. The van der Waals surface area contributed by atoms with E-state index in [2.05, 4.69) is 10.3 Å². The maximum atomic E-state index is 12.8. The Labute approximate surface area is 155 Å². The van der Waals surface area contributed by atoms with Gasteiger partial charge in [0.05, 0.1) is 12.5 Å². The number of hydrogen-bond donors (Lipinski definition) is 1. The number of nitrogens with one attached hydrogen (secondary N) is 1. The van der Waals surface area contributed by atoms with Crippen molar-refractivity contribution >= 4 is 22.6 Å². The molecular weight excluding hydrogens is 348 g/mol. The molecule has 3 aromatic rings. The van der Waals surface area contributed by atoms with Crippen LogP contribution < -0.4 is 21.3 Å². The van der Waals surface area contributed by atoms with E-state index in [4.69, 9.17) is 4.74 Å². The summed E-state index contributed by atoms with van der Waals surface area (Å²) in [6.07, 6.45) is 0. The molecule has 2 heterocycles. The topological polar surface area (TPSA) is 95.2 Å². The zero-order valence-corrected chi connectivity index (χ0v) is 15.6. The Bertz CT molecular complexity index is 1160. The lowest BCUT2D eigenvalue weighted by atomic mass is 10.2. The summed E-state index contributed by atoms with van der Waals surface area (Å²) in [7, 11) is 3.06. The van der Waals surface area contributed by atoms with E-state index in [9.17, 15) is 14.4 Å². The van der Waals surface area contributed by atoms with Gasteiger partial charge in [-0.3, -0.25) is 18.7 Å². The monoisotopic (exact) mass is 368 g/mol. The number of aryl methyl sites for hydroxylation is 3. The molecule has 0 atom stereocenters. The quantitative estimate of drug-likeness (QED) is 0.750. The molecule has 0 radical (unpaired) electrons. The fraction of sp³-hybridized carbons (Fsp3) is 0.263. The summed E-state index contributed by atoms with van der Waals surface area (Å²) >= 11 is 0. The lowest BCUT2D eigenvalue weighted by Crippen LogP contribution is -2.42. The van der Waals surface area contributed by atoms with Crippen molar-refractivity contribution < 1.29 is 9.53 Å². The normalized spacial score (nSPS) is 10.8. The van der Waals surface area contributed by atoms with Crippen LogP contribution in [0.2, 0.25) is 0 Å². The second-order valence-electron chi connectivity index (χ2n) is 6.29. The molecule has 0 fully saturated rings. The Morgan fingerprint density at radius 3 is 2.67 bits per heavy atom. The van der Waals surface area contributed by atoms with Gasteiger partial charge in [-0.05, 0) is 37.6 Å². The molecule has 1 N–H and O–H groups in total. The van der Waals surface area contributed by atoms with Crippen LogP contribution in [0, 0.1) is 13.8 Å². The summed E-state index contributed by atoms with van der Waals surface area (Å²) in [6.45, 7) is 3.18. The Kier molecular flexibility index (Phi) is 4.81. The van der Waals surface area contributed by atoms with Crippen LogP contribution in [0.15, 0.2) is 39.9 Å². The first-order valence-electron chi connectivity index (χ1n) is 8.33. The van der Waals surface area contributed by atoms with Crippen molar-refractivity contribution in [1.82, 2.24) is 14.1 Å². The summed E-state index contributed by atoms with van der Waals surface area (Å²) in [6, 6.07) is 8.59. The summed E-state index contributed by atoms with van der Waals surface area (Å²) < 4.78 is 7.32. The van der Waals surface area contributed by atoms with Crippen molar-refractivity contribution in [2.75, 3.05) is 12.4 Å². The van der Waals surface area contributed by atoms with Gasteiger partial charge in [0.1, 0.15) is 17.9 Å². The second kappa shape index (κ2) is 7.06. The molecule has 0 aliphatic rings. The van der Waals surface area contributed by atoms with E-state index >= 15 is 0 Å². The number of pyridine rings is 1. The zero-order valence-electron chi connectivity index (χ0n) is 15.6.